The van der Waals surface area contributed by atoms with Gasteiger partial charge in [0, 0.05) is 19.4 Å². The zero-order chi connectivity index (χ0) is 12.9. The number of ether oxygens (including phenoxy) is 1. The summed E-state index contributed by atoms with van der Waals surface area (Å²) in [5.74, 6) is 5.85. The molecule has 0 aliphatic carbocycles. The lowest BCUT2D eigenvalue weighted by Crippen LogP contribution is -1.97. The van der Waals surface area contributed by atoms with E-state index in [9.17, 15) is 0 Å². The van der Waals surface area contributed by atoms with Gasteiger partial charge >= 0.3 is 0 Å². The highest BCUT2D eigenvalue weighted by molar-refractivity contribution is 5.14. The minimum Gasteiger partial charge on any atom is -0.395 e. The first kappa shape index (κ1) is 14.8. The highest BCUT2D eigenvalue weighted by Crippen LogP contribution is 2.04. The van der Waals surface area contributed by atoms with Crippen LogP contribution in [0.1, 0.15) is 31.2 Å². The summed E-state index contributed by atoms with van der Waals surface area (Å²) in [6.07, 6.45) is 4.72. The SMILES string of the molecule is OCCC#CCCOCCCCc1ccccc1. The fourth-order valence-electron chi connectivity index (χ4n) is 1.64. The van der Waals surface area contributed by atoms with E-state index in [1.807, 2.05) is 6.07 Å². The van der Waals surface area contributed by atoms with E-state index in [0.717, 1.165) is 25.9 Å². The van der Waals surface area contributed by atoms with Crippen molar-refractivity contribution < 1.29 is 9.84 Å². The third kappa shape index (κ3) is 7.89. The molecular weight excluding hydrogens is 224 g/mol. The molecule has 0 aliphatic rings. The largest absolute Gasteiger partial charge is 0.395 e. The lowest BCUT2D eigenvalue weighted by molar-refractivity contribution is 0.136. The van der Waals surface area contributed by atoms with Crippen molar-refractivity contribution in [3.8, 4) is 11.8 Å². The predicted octanol–water partition coefficient (Wildman–Crippen LogP) is 2.80. The number of aliphatic hydroxyl groups excluding tert-OH is 1. The van der Waals surface area contributed by atoms with E-state index in [1.165, 1.54) is 12.0 Å². The molecule has 0 saturated carbocycles. The Kier molecular flexibility index (Phi) is 8.88. The average molecular weight is 246 g/mol. The Bertz CT molecular complexity index is 348. The van der Waals surface area contributed by atoms with Crippen molar-refractivity contribution in [3.63, 3.8) is 0 Å². The van der Waals surface area contributed by atoms with Crippen LogP contribution in [-0.4, -0.2) is 24.9 Å². The molecule has 98 valence electrons. The Morgan fingerprint density at radius 1 is 0.944 bits per heavy atom. The first-order chi connectivity index (χ1) is 8.93. The van der Waals surface area contributed by atoms with E-state index in [-0.39, 0.29) is 6.61 Å². The zero-order valence-corrected chi connectivity index (χ0v) is 10.9. The van der Waals surface area contributed by atoms with E-state index >= 15 is 0 Å². The molecule has 0 bridgehead atoms. The molecule has 0 heterocycles. The zero-order valence-electron chi connectivity index (χ0n) is 10.9. The number of unbranched alkanes of at least 4 members (excludes halogenated alkanes) is 1. The highest BCUT2D eigenvalue weighted by atomic mass is 16.5. The Balaban J connectivity index is 1.89. The van der Waals surface area contributed by atoms with Gasteiger partial charge in [0.15, 0.2) is 0 Å². The second kappa shape index (κ2) is 10.8. The van der Waals surface area contributed by atoms with Gasteiger partial charge in [0.2, 0.25) is 0 Å². The third-order valence-electron chi connectivity index (χ3n) is 2.58. The van der Waals surface area contributed by atoms with Gasteiger partial charge in [0.1, 0.15) is 0 Å². The fourth-order valence-corrected chi connectivity index (χ4v) is 1.64. The molecule has 0 atom stereocenters. The molecule has 2 nitrogen and oxygen atoms in total. The van der Waals surface area contributed by atoms with Gasteiger partial charge in [-0.25, -0.2) is 0 Å². The van der Waals surface area contributed by atoms with Crippen molar-refractivity contribution in [3.05, 3.63) is 35.9 Å². The van der Waals surface area contributed by atoms with Gasteiger partial charge in [-0.1, -0.05) is 30.3 Å². The lowest BCUT2D eigenvalue weighted by Gasteiger charge is -2.02. The Morgan fingerprint density at radius 3 is 2.50 bits per heavy atom. The Hall–Kier alpha value is -1.30. The second-order valence-corrected chi connectivity index (χ2v) is 4.13. The minimum atomic E-state index is 0.146. The first-order valence-corrected chi connectivity index (χ1v) is 6.61. The van der Waals surface area contributed by atoms with Gasteiger partial charge in [-0.15, -0.1) is 11.8 Å². The van der Waals surface area contributed by atoms with E-state index < -0.39 is 0 Å². The molecule has 0 aromatic heterocycles. The van der Waals surface area contributed by atoms with Crippen molar-refractivity contribution in [2.24, 2.45) is 0 Å². The molecular formula is C16H22O2. The molecule has 0 radical (unpaired) electrons. The van der Waals surface area contributed by atoms with Crippen LogP contribution in [0.4, 0.5) is 0 Å². The summed E-state index contributed by atoms with van der Waals surface area (Å²) >= 11 is 0. The smallest absolute Gasteiger partial charge is 0.0575 e. The molecule has 0 aliphatic heterocycles. The minimum absolute atomic E-state index is 0.146. The third-order valence-corrected chi connectivity index (χ3v) is 2.58. The van der Waals surface area contributed by atoms with Gasteiger partial charge in [0.05, 0.1) is 13.2 Å². The summed E-state index contributed by atoms with van der Waals surface area (Å²) in [5, 5.41) is 8.53. The van der Waals surface area contributed by atoms with E-state index in [4.69, 9.17) is 9.84 Å². The van der Waals surface area contributed by atoms with Gasteiger partial charge in [-0.05, 0) is 24.8 Å². The molecule has 0 spiro atoms. The summed E-state index contributed by atoms with van der Waals surface area (Å²) in [7, 11) is 0. The van der Waals surface area contributed by atoms with Crippen LogP contribution in [0.15, 0.2) is 30.3 Å². The molecule has 18 heavy (non-hydrogen) atoms. The Labute approximate surface area is 110 Å². The fraction of sp³-hybridized carbons (Fsp3) is 0.500. The maximum Gasteiger partial charge on any atom is 0.0575 e. The van der Waals surface area contributed by atoms with Crippen molar-refractivity contribution in [1.82, 2.24) is 0 Å². The van der Waals surface area contributed by atoms with E-state index in [1.54, 1.807) is 0 Å². The summed E-state index contributed by atoms with van der Waals surface area (Å²) in [6, 6.07) is 10.5. The van der Waals surface area contributed by atoms with E-state index in [2.05, 4.69) is 36.1 Å². The van der Waals surface area contributed by atoms with Gasteiger partial charge in [0.25, 0.3) is 0 Å². The average Bonchev–Trinajstić information content (AvgIpc) is 2.42. The second-order valence-electron chi connectivity index (χ2n) is 4.13. The van der Waals surface area contributed by atoms with Crippen molar-refractivity contribution in [1.29, 1.82) is 0 Å². The summed E-state index contributed by atoms with van der Waals surface area (Å²) in [5.41, 5.74) is 1.40. The normalized spacial score (nSPS) is 9.83. The number of hydrogen-bond donors (Lipinski definition) is 1. The highest BCUT2D eigenvalue weighted by Gasteiger charge is 1.92. The van der Waals surface area contributed by atoms with E-state index in [0.29, 0.717) is 13.0 Å². The topological polar surface area (TPSA) is 29.5 Å². The lowest BCUT2D eigenvalue weighted by atomic mass is 10.1. The number of aliphatic hydroxyl groups is 1. The monoisotopic (exact) mass is 246 g/mol. The van der Waals surface area contributed by atoms with Crippen molar-refractivity contribution in [2.45, 2.75) is 32.1 Å². The molecule has 1 rings (SSSR count). The van der Waals surface area contributed by atoms with Crippen LogP contribution in [-0.2, 0) is 11.2 Å². The molecule has 0 unspecified atom stereocenters. The van der Waals surface area contributed by atoms with Crippen LogP contribution in [0.2, 0.25) is 0 Å². The first-order valence-electron chi connectivity index (χ1n) is 6.61. The van der Waals surface area contributed by atoms with Gasteiger partial charge < -0.3 is 9.84 Å². The van der Waals surface area contributed by atoms with Gasteiger partial charge in [-0.2, -0.15) is 0 Å². The van der Waals surface area contributed by atoms with Crippen LogP contribution in [0.3, 0.4) is 0 Å². The van der Waals surface area contributed by atoms with Crippen LogP contribution in [0.5, 0.6) is 0 Å². The van der Waals surface area contributed by atoms with Crippen molar-refractivity contribution in [2.75, 3.05) is 19.8 Å². The molecule has 1 aromatic rings. The maximum atomic E-state index is 8.53. The standard InChI is InChI=1S/C16H22O2/c17-13-7-1-2-8-14-18-15-9-6-12-16-10-4-3-5-11-16/h3-5,10-11,17H,6-9,12-15H2. The number of aryl methyl sites for hydroxylation is 1. The van der Waals surface area contributed by atoms with Crippen LogP contribution in [0, 0.1) is 11.8 Å². The molecule has 1 N–H and O–H groups in total. The number of hydrogen-bond acceptors (Lipinski definition) is 2. The predicted molar refractivity (Wildman–Crippen MR) is 74.3 cm³/mol. The van der Waals surface area contributed by atoms with Crippen LogP contribution in [0.25, 0.3) is 0 Å². The Morgan fingerprint density at radius 2 is 1.72 bits per heavy atom. The number of rotatable bonds is 8. The summed E-state index contributed by atoms with van der Waals surface area (Å²) in [4.78, 5) is 0. The number of benzene rings is 1. The quantitative estimate of drug-likeness (QED) is 0.564. The summed E-state index contributed by atoms with van der Waals surface area (Å²) < 4.78 is 5.49. The molecule has 2 heteroatoms. The van der Waals surface area contributed by atoms with Gasteiger partial charge in [-0.3, -0.25) is 0 Å². The van der Waals surface area contributed by atoms with Crippen LogP contribution < -0.4 is 0 Å². The van der Waals surface area contributed by atoms with Crippen LogP contribution >= 0.6 is 0 Å². The summed E-state index contributed by atoms with van der Waals surface area (Å²) in [6.45, 7) is 1.66. The molecule has 0 amide bonds. The molecule has 1 aromatic carbocycles. The molecule has 0 saturated heterocycles. The molecule has 0 fully saturated rings. The maximum absolute atomic E-state index is 8.53. The van der Waals surface area contributed by atoms with Crippen molar-refractivity contribution >= 4 is 0 Å².